The Kier molecular flexibility index (Phi) is 4.87. The van der Waals surface area contributed by atoms with Gasteiger partial charge in [0.1, 0.15) is 0 Å². The summed E-state index contributed by atoms with van der Waals surface area (Å²) in [5.74, 6) is 0.341. The van der Waals surface area contributed by atoms with Crippen molar-refractivity contribution in [1.29, 1.82) is 0 Å². The molecule has 28 heavy (non-hydrogen) atoms. The first-order chi connectivity index (χ1) is 13.5. The van der Waals surface area contributed by atoms with Gasteiger partial charge in [-0.05, 0) is 38.5 Å². The zero-order chi connectivity index (χ0) is 19.7. The molecule has 1 amide bonds. The van der Waals surface area contributed by atoms with E-state index in [2.05, 4.69) is 25.1 Å². The number of rotatable bonds is 4. The summed E-state index contributed by atoms with van der Waals surface area (Å²) in [7, 11) is 0. The number of nitrogens with zero attached hydrogens (tertiary/aromatic N) is 5. The summed E-state index contributed by atoms with van der Waals surface area (Å²) >= 11 is 0. The number of aryl methyl sites for hydroxylation is 2. The van der Waals surface area contributed by atoms with Crippen molar-refractivity contribution >= 4 is 5.91 Å². The molecule has 0 spiro atoms. The molecule has 1 aliphatic heterocycles. The highest BCUT2D eigenvalue weighted by Crippen LogP contribution is 2.24. The van der Waals surface area contributed by atoms with Gasteiger partial charge in [-0.1, -0.05) is 0 Å². The van der Waals surface area contributed by atoms with Crippen LogP contribution in [0.4, 0.5) is 0 Å². The van der Waals surface area contributed by atoms with E-state index in [-0.39, 0.29) is 11.8 Å². The minimum absolute atomic E-state index is 0.0393. The van der Waals surface area contributed by atoms with Crippen molar-refractivity contribution in [2.45, 2.75) is 26.4 Å². The number of aromatic amines is 1. The largest absolute Gasteiger partial charge is 0.391 e. The number of pyridine rings is 1. The van der Waals surface area contributed by atoms with Gasteiger partial charge in [0.05, 0.1) is 23.1 Å². The normalized spacial score (nSPS) is 19.2. The zero-order valence-corrected chi connectivity index (χ0v) is 15.8. The maximum Gasteiger partial charge on any atom is 0.257 e. The topological polar surface area (TPSA) is 108 Å². The molecule has 2 atom stereocenters. The standard InChI is InChI=1S/C20H22N6O2/c1-12-6-16(25-24-12)7-15-10-26(11-18(15)27)20(28)17-9-22-19(23-13(17)2)14-4-3-5-21-8-14/h3-6,8-9,15,18,27H,7,10-11H2,1-2H3,(H,24,25)/t15-,18-/m1/s1. The van der Waals surface area contributed by atoms with Crippen molar-refractivity contribution in [3.8, 4) is 11.4 Å². The van der Waals surface area contributed by atoms with Gasteiger partial charge in [0.15, 0.2) is 5.82 Å². The predicted octanol–water partition coefficient (Wildman–Crippen LogP) is 1.55. The summed E-state index contributed by atoms with van der Waals surface area (Å²) in [6.07, 6.45) is 4.99. The van der Waals surface area contributed by atoms with Crippen LogP contribution in [-0.2, 0) is 6.42 Å². The second-order valence-corrected chi connectivity index (χ2v) is 7.22. The summed E-state index contributed by atoms with van der Waals surface area (Å²) < 4.78 is 0. The van der Waals surface area contributed by atoms with Crippen molar-refractivity contribution < 1.29 is 9.90 Å². The summed E-state index contributed by atoms with van der Waals surface area (Å²) in [6.45, 7) is 4.52. The Morgan fingerprint density at radius 1 is 1.32 bits per heavy atom. The molecule has 0 aliphatic carbocycles. The third-order valence-corrected chi connectivity index (χ3v) is 5.05. The number of amides is 1. The van der Waals surface area contributed by atoms with Crippen LogP contribution in [0, 0.1) is 19.8 Å². The van der Waals surface area contributed by atoms with E-state index >= 15 is 0 Å². The number of hydrogen-bond acceptors (Lipinski definition) is 6. The highest BCUT2D eigenvalue weighted by atomic mass is 16.3. The molecule has 1 fully saturated rings. The maximum atomic E-state index is 13.0. The lowest BCUT2D eigenvalue weighted by atomic mass is 10.0. The molecule has 8 heteroatoms. The fraction of sp³-hybridized carbons (Fsp3) is 0.350. The van der Waals surface area contributed by atoms with Gasteiger partial charge in [0, 0.05) is 48.9 Å². The minimum atomic E-state index is -0.572. The number of aromatic nitrogens is 5. The lowest BCUT2D eigenvalue weighted by molar-refractivity contribution is 0.0763. The van der Waals surface area contributed by atoms with Crippen LogP contribution in [0.2, 0.25) is 0 Å². The first-order valence-electron chi connectivity index (χ1n) is 9.23. The number of H-pyrrole nitrogens is 1. The smallest absolute Gasteiger partial charge is 0.257 e. The number of hydrogen-bond donors (Lipinski definition) is 2. The average Bonchev–Trinajstić information content (AvgIpc) is 3.27. The fourth-order valence-corrected chi connectivity index (χ4v) is 3.55. The van der Waals surface area contributed by atoms with E-state index in [9.17, 15) is 9.90 Å². The first kappa shape index (κ1) is 18.2. The number of aliphatic hydroxyl groups excluding tert-OH is 1. The van der Waals surface area contributed by atoms with Crippen LogP contribution in [0.25, 0.3) is 11.4 Å². The molecule has 1 saturated heterocycles. The summed E-state index contributed by atoms with van der Waals surface area (Å²) in [4.78, 5) is 27.5. The molecule has 1 aliphatic rings. The van der Waals surface area contributed by atoms with Gasteiger partial charge in [0.25, 0.3) is 5.91 Å². The lowest BCUT2D eigenvalue weighted by Gasteiger charge is -2.17. The van der Waals surface area contributed by atoms with Gasteiger partial charge in [0.2, 0.25) is 0 Å². The molecule has 4 heterocycles. The van der Waals surface area contributed by atoms with Crippen molar-refractivity contribution in [2.24, 2.45) is 5.92 Å². The second kappa shape index (κ2) is 7.47. The number of carbonyl (C=O) groups is 1. The van der Waals surface area contributed by atoms with E-state index < -0.39 is 6.10 Å². The van der Waals surface area contributed by atoms with Crippen molar-refractivity contribution in [2.75, 3.05) is 13.1 Å². The predicted molar refractivity (Wildman–Crippen MR) is 102 cm³/mol. The Morgan fingerprint density at radius 3 is 2.86 bits per heavy atom. The summed E-state index contributed by atoms with van der Waals surface area (Å²) in [5.41, 5.74) is 3.75. The van der Waals surface area contributed by atoms with Crippen LogP contribution < -0.4 is 0 Å². The molecule has 0 saturated carbocycles. The van der Waals surface area contributed by atoms with Gasteiger partial charge in [-0.2, -0.15) is 5.10 Å². The van der Waals surface area contributed by atoms with Crippen LogP contribution in [0.1, 0.15) is 27.4 Å². The second-order valence-electron chi connectivity index (χ2n) is 7.22. The third kappa shape index (κ3) is 3.63. The molecule has 3 aromatic rings. The third-order valence-electron chi connectivity index (χ3n) is 5.05. The highest BCUT2D eigenvalue weighted by molar-refractivity contribution is 5.95. The van der Waals surface area contributed by atoms with Crippen molar-refractivity contribution in [3.63, 3.8) is 0 Å². The first-order valence-corrected chi connectivity index (χ1v) is 9.23. The Labute approximate surface area is 162 Å². The van der Waals surface area contributed by atoms with E-state index in [1.54, 1.807) is 30.4 Å². The fourth-order valence-electron chi connectivity index (χ4n) is 3.55. The highest BCUT2D eigenvalue weighted by Gasteiger charge is 2.35. The van der Waals surface area contributed by atoms with Crippen LogP contribution in [-0.4, -0.2) is 60.3 Å². The Morgan fingerprint density at radius 2 is 2.18 bits per heavy atom. The van der Waals surface area contributed by atoms with Gasteiger partial charge < -0.3 is 10.0 Å². The molecular formula is C20H22N6O2. The number of carbonyl (C=O) groups excluding carboxylic acids is 1. The lowest BCUT2D eigenvalue weighted by Crippen LogP contribution is -2.30. The van der Waals surface area contributed by atoms with Gasteiger partial charge in [-0.25, -0.2) is 9.97 Å². The molecule has 0 aromatic carbocycles. The summed E-state index contributed by atoms with van der Waals surface area (Å²) in [6, 6.07) is 5.66. The van der Waals surface area contributed by atoms with Crippen molar-refractivity contribution in [1.82, 2.24) is 30.0 Å². The van der Waals surface area contributed by atoms with Crippen LogP contribution in [0.15, 0.2) is 36.8 Å². The van der Waals surface area contributed by atoms with Crippen LogP contribution in [0.5, 0.6) is 0 Å². The van der Waals surface area contributed by atoms with E-state index in [1.165, 1.54) is 0 Å². The molecule has 0 radical (unpaired) electrons. The number of aliphatic hydroxyl groups is 1. The SMILES string of the molecule is Cc1cc(C[C@@H]2CN(C(=O)c3cnc(-c4cccnc4)nc3C)C[C@H]2O)n[nH]1. The quantitative estimate of drug-likeness (QED) is 0.713. The van der Waals surface area contributed by atoms with E-state index in [1.807, 2.05) is 25.1 Å². The Hall–Kier alpha value is -3.13. The zero-order valence-electron chi connectivity index (χ0n) is 15.8. The number of nitrogens with one attached hydrogen (secondary N) is 1. The molecule has 0 bridgehead atoms. The molecule has 3 aromatic heterocycles. The molecule has 144 valence electrons. The van der Waals surface area contributed by atoms with E-state index in [4.69, 9.17) is 0 Å². The monoisotopic (exact) mass is 378 g/mol. The molecule has 0 unspecified atom stereocenters. The Bertz CT molecular complexity index is 987. The molecule has 4 rings (SSSR count). The molecule has 8 nitrogen and oxygen atoms in total. The number of β-amino-alcohol motifs (C(OH)–C–C–N with tert-alkyl or cyclic N) is 1. The van der Waals surface area contributed by atoms with Gasteiger partial charge >= 0.3 is 0 Å². The number of likely N-dealkylation sites (tertiary alicyclic amines) is 1. The minimum Gasteiger partial charge on any atom is -0.391 e. The Balaban J connectivity index is 1.48. The van der Waals surface area contributed by atoms with Crippen LogP contribution in [0.3, 0.4) is 0 Å². The average molecular weight is 378 g/mol. The van der Waals surface area contributed by atoms with E-state index in [0.29, 0.717) is 36.6 Å². The van der Waals surface area contributed by atoms with Crippen molar-refractivity contribution in [3.05, 3.63) is 59.4 Å². The maximum absolute atomic E-state index is 13.0. The van der Waals surface area contributed by atoms with E-state index in [0.717, 1.165) is 17.0 Å². The molecule has 2 N–H and O–H groups in total. The summed E-state index contributed by atoms with van der Waals surface area (Å²) in [5, 5.41) is 17.6. The molecular weight excluding hydrogens is 356 g/mol. The van der Waals surface area contributed by atoms with Crippen LogP contribution >= 0.6 is 0 Å². The van der Waals surface area contributed by atoms with Gasteiger partial charge in [-0.15, -0.1) is 0 Å². The van der Waals surface area contributed by atoms with Gasteiger partial charge in [-0.3, -0.25) is 14.9 Å².